The fraction of sp³-hybridized carbons (Fsp3) is 0.163. The van der Waals surface area contributed by atoms with Crippen LogP contribution in [-0.2, 0) is 9.31 Å². The topological polar surface area (TPSA) is 21.7 Å². The number of anilines is 3. The number of hydrogen-bond donors (Lipinski definition) is 0. The zero-order valence-corrected chi connectivity index (χ0v) is 28.8. The molecule has 0 unspecified atom stereocenters. The summed E-state index contributed by atoms with van der Waals surface area (Å²) in [5, 5.41) is 2.56. The van der Waals surface area contributed by atoms with Crippen LogP contribution >= 0.6 is 11.3 Å². The number of para-hydroxylation sites is 2. The van der Waals surface area contributed by atoms with Gasteiger partial charge in [0.05, 0.1) is 11.2 Å². The van der Waals surface area contributed by atoms with E-state index < -0.39 is 7.12 Å². The van der Waals surface area contributed by atoms with Gasteiger partial charge in [0.1, 0.15) is 0 Å². The molecule has 48 heavy (non-hydrogen) atoms. The standard InChI is InChI=1S/C43H38BNO2S/c1-29-24-32(26-33(25-29)44-46-42(2,3)43(4,5)47-44)30-20-22-31(23-21-30)38-27-36(28-39-37-18-12-13-19-40(37)48-41(38)39)45(34-14-8-6-9-15-34)35-16-10-7-11-17-35/h6-28H,1-5H3. The van der Waals surface area contributed by atoms with Crippen LogP contribution in [0.3, 0.4) is 0 Å². The van der Waals surface area contributed by atoms with E-state index in [1.165, 1.54) is 42.4 Å². The summed E-state index contributed by atoms with van der Waals surface area (Å²) in [5.74, 6) is 0. The SMILES string of the molecule is Cc1cc(B2OC(C)(C)C(C)(C)O2)cc(-c2ccc(-c3cc(N(c4ccccc4)c4ccccc4)cc4c3sc3ccccc34)cc2)c1. The summed E-state index contributed by atoms with van der Waals surface area (Å²) in [5.41, 5.74) is 9.60. The quantitative estimate of drug-likeness (QED) is 0.168. The summed E-state index contributed by atoms with van der Waals surface area (Å²) >= 11 is 1.87. The first-order valence-corrected chi connectivity index (χ1v) is 17.4. The van der Waals surface area contributed by atoms with Gasteiger partial charge in [-0.15, -0.1) is 11.3 Å². The van der Waals surface area contributed by atoms with Crippen LogP contribution in [0.1, 0.15) is 33.3 Å². The van der Waals surface area contributed by atoms with E-state index in [-0.39, 0.29) is 11.2 Å². The second-order valence-electron chi connectivity index (χ2n) is 13.8. The van der Waals surface area contributed by atoms with Crippen LogP contribution in [0.5, 0.6) is 0 Å². The van der Waals surface area contributed by atoms with Gasteiger partial charge in [-0.25, -0.2) is 0 Å². The molecule has 5 heteroatoms. The van der Waals surface area contributed by atoms with E-state index in [9.17, 15) is 0 Å². The lowest BCUT2D eigenvalue weighted by molar-refractivity contribution is 0.00578. The number of nitrogens with zero attached hydrogens (tertiary/aromatic N) is 1. The lowest BCUT2D eigenvalue weighted by atomic mass is 9.77. The Bertz CT molecular complexity index is 2200. The molecule has 2 heterocycles. The van der Waals surface area contributed by atoms with E-state index in [1.807, 2.05) is 11.3 Å². The average Bonchev–Trinajstić information content (AvgIpc) is 3.57. The fourth-order valence-electron chi connectivity index (χ4n) is 6.69. The molecule has 0 radical (unpaired) electrons. The maximum atomic E-state index is 6.41. The third-order valence-electron chi connectivity index (χ3n) is 9.90. The first kappa shape index (κ1) is 30.6. The molecular weight excluding hydrogens is 605 g/mol. The van der Waals surface area contributed by atoms with Crippen LogP contribution in [0.25, 0.3) is 42.4 Å². The van der Waals surface area contributed by atoms with Crippen molar-refractivity contribution in [1.29, 1.82) is 0 Å². The second-order valence-corrected chi connectivity index (χ2v) is 14.8. The van der Waals surface area contributed by atoms with Gasteiger partial charge < -0.3 is 14.2 Å². The summed E-state index contributed by atoms with van der Waals surface area (Å²) in [4.78, 5) is 2.35. The van der Waals surface area contributed by atoms with Crippen molar-refractivity contribution in [2.75, 3.05) is 4.90 Å². The van der Waals surface area contributed by atoms with Crippen molar-refractivity contribution >= 4 is 61.2 Å². The molecule has 1 fully saturated rings. The summed E-state index contributed by atoms with van der Waals surface area (Å²) < 4.78 is 15.4. The van der Waals surface area contributed by atoms with Crippen LogP contribution < -0.4 is 10.4 Å². The van der Waals surface area contributed by atoms with Crippen molar-refractivity contribution in [2.24, 2.45) is 0 Å². The number of hydrogen-bond acceptors (Lipinski definition) is 4. The monoisotopic (exact) mass is 643 g/mol. The molecule has 0 bridgehead atoms. The molecule has 7 aromatic rings. The normalized spacial score (nSPS) is 15.3. The van der Waals surface area contributed by atoms with Gasteiger partial charge in [0.2, 0.25) is 0 Å². The smallest absolute Gasteiger partial charge is 0.399 e. The molecule has 236 valence electrons. The lowest BCUT2D eigenvalue weighted by Crippen LogP contribution is -2.41. The average molecular weight is 644 g/mol. The highest BCUT2D eigenvalue weighted by molar-refractivity contribution is 7.26. The van der Waals surface area contributed by atoms with Gasteiger partial charge in [-0.3, -0.25) is 0 Å². The Morgan fingerprint density at radius 3 is 1.77 bits per heavy atom. The van der Waals surface area contributed by atoms with Crippen molar-refractivity contribution in [3.05, 3.63) is 145 Å². The molecule has 0 spiro atoms. The van der Waals surface area contributed by atoms with Crippen LogP contribution in [0.15, 0.2) is 140 Å². The molecule has 1 saturated heterocycles. The Hall–Kier alpha value is -4.68. The zero-order valence-electron chi connectivity index (χ0n) is 28.0. The molecule has 8 rings (SSSR count). The van der Waals surface area contributed by atoms with E-state index in [2.05, 4.69) is 179 Å². The Morgan fingerprint density at radius 1 is 0.542 bits per heavy atom. The number of thiophene rings is 1. The molecule has 1 aliphatic heterocycles. The van der Waals surface area contributed by atoms with Gasteiger partial charge in [-0.05, 0) is 99.2 Å². The second kappa shape index (κ2) is 11.8. The largest absolute Gasteiger partial charge is 0.494 e. The summed E-state index contributed by atoms with van der Waals surface area (Å²) in [6.07, 6.45) is 0. The van der Waals surface area contributed by atoms with Gasteiger partial charge in [-0.2, -0.15) is 0 Å². The molecule has 1 aliphatic rings. The minimum atomic E-state index is -0.394. The third kappa shape index (κ3) is 5.42. The van der Waals surface area contributed by atoms with Gasteiger partial charge in [0.15, 0.2) is 0 Å². The molecule has 0 saturated carbocycles. The van der Waals surface area contributed by atoms with Gasteiger partial charge in [-0.1, -0.05) is 103 Å². The maximum absolute atomic E-state index is 6.41. The summed E-state index contributed by atoms with van der Waals surface area (Å²) in [6.45, 7) is 10.5. The number of benzene rings is 6. The van der Waals surface area contributed by atoms with Crippen LogP contribution in [-0.4, -0.2) is 18.3 Å². The van der Waals surface area contributed by atoms with E-state index in [4.69, 9.17) is 9.31 Å². The number of fused-ring (bicyclic) bond motifs is 3. The third-order valence-corrected chi connectivity index (χ3v) is 11.1. The van der Waals surface area contributed by atoms with Gasteiger partial charge in [0, 0.05) is 42.8 Å². The predicted molar refractivity (Wildman–Crippen MR) is 205 cm³/mol. The van der Waals surface area contributed by atoms with Crippen molar-refractivity contribution in [3.63, 3.8) is 0 Å². The highest BCUT2D eigenvalue weighted by Crippen LogP contribution is 2.45. The first-order chi connectivity index (χ1) is 23.2. The van der Waals surface area contributed by atoms with Crippen LogP contribution in [0.2, 0.25) is 0 Å². The Labute approximate surface area is 287 Å². The molecule has 1 aromatic heterocycles. The maximum Gasteiger partial charge on any atom is 0.494 e. The zero-order chi connectivity index (χ0) is 33.0. The van der Waals surface area contributed by atoms with E-state index in [1.54, 1.807) is 0 Å². The van der Waals surface area contributed by atoms with Gasteiger partial charge >= 0.3 is 7.12 Å². The Morgan fingerprint density at radius 2 is 1.12 bits per heavy atom. The number of aryl methyl sites for hydroxylation is 1. The minimum Gasteiger partial charge on any atom is -0.399 e. The molecule has 0 N–H and O–H groups in total. The summed E-state index contributed by atoms with van der Waals surface area (Å²) in [6, 6.07) is 50.4. The van der Waals surface area contributed by atoms with E-state index >= 15 is 0 Å². The molecule has 0 aliphatic carbocycles. The molecule has 0 atom stereocenters. The molecule has 6 aromatic carbocycles. The molecule has 3 nitrogen and oxygen atoms in total. The fourth-order valence-corrected chi connectivity index (χ4v) is 7.91. The Balaban J connectivity index is 1.24. The van der Waals surface area contributed by atoms with E-state index in [0.717, 1.165) is 28.1 Å². The van der Waals surface area contributed by atoms with Crippen molar-refractivity contribution in [3.8, 4) is 22.3 Å². The van der Waals surface area contributed by atoms with Gasteiger partial charge in [0.25, 0.3) is 0 Å². The predicted octanol–water partition coefficient (Wildman–Crippen LogP) is 11.5. The minimum absolute atomic E-state index is 0.383. The lowest BCUT2D eigenvalue weighted by Gasteiger charge is -2.32. The van der Waals surface area contributed by atoms with E-state index in [0.29, 0.717) is 0 Å². The van der Waals surface area contributed by atoms with Crippen molar-refractivity contribution in [2.45, 2.75) is 45.8 Å². The number of rotatable bonds is 6. The van der Waals surface area contributed by atoms with Crippen molar-refractivity contribution < 1.29 is 9.31 Å². The van der Waals surface area contributed by atoms with Crippen molar-refractivity contribution in [1.82, 2.24) is 0 Å². The molecular formula is C43H38BNO2S. The Kier molecular flexibility index (Phi) is 7.52. The summed E-state index contributed by atoms with van der Waals surface area (Å²) in [7, 11) is -0.394. The molecule has 0 amide bonds. The highest BCUT2D eigenvalue weighted by Gasteiger charge is 2.51. The van der Waals surface area contributed by atoms with Crippen LogP contribution in [0, 0.1) is 6.92 Å². The highest BCUT2D eigenvalue weighted by atomic mass is 32.1. The first-order valence-electron chi connectivity index (χ1n) is 16.6. The van der Waals surface area contributed by atoms with Crippen LogP contribution in [0.4, 0.5) is 17.1 Å².